The van der Waals surface area contributed by atoms with E-state index >= 15 is 0 Å². The Labute approximate surface area is 154 Å². The molecule has 2 N–H and O–H groups in total. The first kappa shape index (κ1) is 17.7. The van der Waals surface area contributed by atoms with Gasteiger partial charge in [0.15, 0.2) is 18.1 Å². The molecule has 8 heteroatoms. The smallest absolute Gasteiger partial charge is 0.295 e. The van der Waals surface area contributed by atoms with Gasteiger partial charge in [-0.05, 0) is 42.0 Å². The number of benzene rings is 2. The predicted molar refractivity (Wildman–Crippen MR) is 97.8 cm³/mol. The van der Waals surface area contributed by atoms with Crippen molar-refractivity contribution in [3.63, 3.8) is 0 Å². The highest BCUT2D eigenvalue weighted by Gasteiger charge is 2.16. The summed E-state index contributed by atoms with van der Waals surface area (Å²) in [6.45, 7) is -0.0252. The number of nitrogens with one attached hydrogen (secondary N) is 1. The summed E-state index contributed by atoms with van der Waals surface area (Å²) in [7, 11) is 0. The average Bonchev–Trinajstić information content (AvgIpc) is 3.10. The van der Waals surface area contributed by atoms with Gasteiger partial charge < -0.3 is 9.84 Å². The largest absolute Gasteiger partial charge is 0.504 e. The van der Waals surface area contributed by atoms with E-state index in [0.29, 0.717) is 11.4 Å². The Balaban J connectivity index is 1.63. The zero-order chi connectivity index (χ0) is 19.1. The maximum absolute atomic E-state index is 12.2. The van der Waals surface area contributed by atoms with Crippen LogP contribution >= 0.6 is 0 Å². The van der Waals surface area contributed by atoms with Gasteiger partial charge in [0, 0.05) is 0 Å². The Morgan fingerprint density at radius 1 is 1.26 bits per heavy atom. The molecule has 0 aliphatic carbocycles. The van der Waals surface area contributed by atoms with Crippen LogP contribution in [0.3, 0.4) is 0 Å². The maximum atomic E-state index is 12.2. The summed E-state index contributed by atoms with van der Waals surface area (Å²) in [6.07, 6.45) is 2.80. The molecule has 1 aromatic heterocycles. The van der Waals surface area contributed by atoms with Crippen LogP contribution in [0.5, 0.6) is 11.5 Å². The van der Waals surface area contributed by atoms with E-state index in [1.807, 2.05) is 24.3 Å². The minimum atomic E-state index is -0.632. The lowest BCUT2D eigenvalue weighted by atomic mass is 10.2. The van der Waals surface area contributed by atoms with Crippen LogP contribution in [-0.2, 0) is 0 Å². The van der Waals surface area contributed by atoms with Gasteiger partial charge in [-0.2, -0.15) is 15.5 Å². The number of rotatable bonds is 6. The van der Waals surface area contributed by atoms with Gasteiger partial charge in [-0.1, -0.05) is 18.2 Å². The molecule has 27 heavy (non-hydrogen) atoms. The quantitative estimate of drug-likeness (QED) is 0.516. The van der Waals surface area contributed by atoms with Gasteiger partial charge in [0.2, 0.25) is 0 Å². The molecule has 0 fully saturated rings. The molecule has 0 aliphatic rings. The molecule has 0 radical (unpaired) electrons. The van der Waals surface area contributed by atoms with E-state index in [4.69, 9.17) is 10.00 Å². The number of para-hydroxylation sites is 1. The molecule has 3 aromatic rings. The SMILES string of the molecule is N#CCOc1ccc(/C=N\NC(=O)c2nn(-c3ccccc3)cc2O)cc1. The van der Waals surface area contributed by atoms with Crippen molar-refractivity contribution in [3.8, 4) is 23.3 Å². The van der Waals surface area contributed by atoms with E-state index in [1.54, 1.807) is 36.4 Å². The van der Waals surface area contributed by atoms with Crippen molar-refractivity contribution in [1.29, 1.82) is 5.26 Å². The summed E-state index contributed by atoms with van der Waals surface area (Å²) in [6, 6.07) is 17.8. The number of hydrogen-bond donors (Lipinski definition) is 2. The van der Waals surface area contributed by atoms with Crippen molar-refractivity contribution in [2.45, 2.75) is 0 Å². The highest BCUT2D eigenvalue weighted by molar-refractivity contribution is 5.95. The molecule has 134 valence electrons. The highest BCUT2D eigenvalue weighted by atomic mass is 16.5. The third-order valence-electron chi connectivity index (χ3n) is 3.49. The number of aromatic hydroxyl groups is 1. The van der Waals surface area contributed by atoms with Gasteiger partial charge in [-0.15, -0.1) is 0 Å². The summed E-state index contributed by atoms with van der Waals surface area (Å²) in [5.74, 6) is -0.313. The average molecular weight is 361 g/mol. The van der Waals surface area contributed by atoms with Gasteiger partial charge in [-0.25, -0.2) is 10.1 Å². The summed E-state index contributed by atoms with van der Waals surface area (Å²) in [5, 5.41) is 26.4. The fourth-order valence-electron chi connectivity index (χ4n) is 2.22. The van der Waals surface area contributed by atoms with E-state index in [9.17, 15) is 9.90 Å². The molecule has 2 aromatic carbocycles. The number of carbonyl (C=O) groups is 1. The third kappa shape index (κ3) is 4.49. The number of ether oxygens (including phenoxy) is 1. The number of hydrogen-bond acceptors (Lipinski definition) is 6. The second kappa shape index (κ2) is 8.31. The van der Waals surface area contributed by atoms with Crippen LogP contribution < -0.4 is 10.2 Å². The van der Waals surface area contributed by atoms with Gasteiger partial charge in [0.25, 0.3) is 5.91 Å². The van der Waals surface area contributed by atoms with Crippen molar-refractivity contribution in [3.05, 3.63) is 72.1 Å². The maximum Gasteiger partial charge on any atom is 0.295 e. The number of amides is 1. The second-order valence-electron chi connectivity index (χ2n) is 5.36. The van der Waals surface area contributed by atoms with E-state index in [2.05, 4.69) is 15.6 Å². The zero-order valence-electron chi connectivity index (χ0n) is 14.1. The van der Waals surface area contributed by atoms with Gasteiger partial charge in [-0.3, -0.25) is 4.79 Å². The normalized spacial score (nSPS) is 10.5. The number of hydrazone groups is 1. The summed E-state index contributed by atoms with van der Waals surface area (Å²) < 4.78 is 6.56. The Hall–Kier alpha value is -4.12. The first-order valence-electron chi connectivity index (χ1n) is 7.94. The fraction of sp³-hybridized carbons (Fsp3) is 0.0526. The van der Waals surface area contributed by atoms with E-state index in [1.165, 1.54) is 17.1 Å². The molecule has 0 atom stereocenters. The minimum absolute atomic E-state index is 0.0252. The van der Waals surface area contributed by atoms with Gasteiger partial charge in [0.05, 0.1) is 18.1 Å². The molecule has 0 bridgehead atoms. The minimum Gasteiger partial charge on any atom is -0.504 e. The zero-order valence-corrected chi connectivity index (χ0v) is 14.1. The lowest BCUT2D eigenvalue weighted by Gasteiger charge is -2.01. The van der Waals surface area contributed by atoms with E-state index in [-0.39, 0.29) is 18.1 Å². The number of nitrogens with zero attached hydrogens (tertiary/aromatic N) is 4. The predicted octanol–water partition coefficient (Wildman–Crippen LogP) is 2.24. The standard InChI is InChI=1S/C19H15N5O3/c20-10-11-27-16-8-6-14(7-9-16)12-21-22-19(26)18-17(25)13-24(23-18)15-4-2-1-3-5-15/h1-9,12-13,25H,11H2,(H,22,26)/b21-12-. The summed E-state index contributed by atoms with van der Waals surface area (Å²) >= 11 is 0. The molecule has 1 heterocycles. The second-order valence-corrected chi connectivity index (χ2v) is 5.36. The van der Waals surface area contributed by atoms with Crippen LogP contribution in [-0.4, -0.2) is 33.6 Å². The third-order valence-corrected chi connectivity index (χ3v) is 3.49. The van der Waals surface area contributed by atoms with Gasteiger partial charge >= 0.3 is 0 Å². The molecule has 0 saturated heterocycles. The van der Waals surface area contributed by atoms with E-state index in [0.717, 1.165) is 5.56 Å². The van der Waals surface area contributed by atoms with Crippen LogP contribution in [0.25, 0.3) is 5.69 Å². The first-order chi connectivity index (χ1) is 13.2. The van der Waals surface area contributed by atoms with Crippen LogP contribution in [0, 0.1) is 11.3 Å². The molecule has 0 spiro atoms. The first-order valence-corrected chi connectivity index (χ1v) is 7.94. The molecule has 0 aliphatic heterocycles. The van der Waals surface area contributed by atoms with Crippen LogP contribution in [0.4, 0.5) is 0 Å². The number of aromatic nitrogens is 2. The summed E-state index contributed by atoms with van der Waals surface area (Å²) in [4.78, 5) is 12.2. The Morgan fingerprint density at radius 2 is 2.00 bits per heavy atom. The Morgan fingerprint density at radius 3 is 2.70 bits per heavy atom. The lowest BCUT2D eigenvalue weighted by molar-refractivity contribution is 0.0947. The van der Waals surface area contributed by atoms with Crippen molar-refractivity contribution >= 4 is 12.1 Å². The topological polar surface area (TPSA) is 113 Å². The van der Waals surface area contributed by atoms with E-state index < -0.39 is 5.91 Å². The molecule has 0 unspecified atom stereocenters. The molecule has 1 amide bonds. The molecular formula is C19H15N5O3. The number of nitriles is 1. The van der Waals surface area contributed by atoms with Crippen LogP contribution in [0.15, 0.2) is 65.9 Å². The van der Waals surface area contributed by atoms with Crippen LogP contribution in [0.1, 0.15) is 16.1 Å². The van der Waals surface area contributed by atoms with Crippen LogP contribution in [0.2, 0.25) is 0 Å². The molecule has 0 saturated carbocycles. The van der Waals surface area contributed by atoms with Crippen molar-refractivity contribution in [2.24, 2.45) is 5.10 Å². The molecule has 8 nitrogen and oxygen atoms in total. The fourth-order valence-corrected chi connectivity index (χ4v) is 2.22. The van der Waals surface area contributed by atoms with Crippen molar-refractivity contribution in [1.82, 2.24) is 15.2 Å². The monoisotopic (exact) mass is 361 g/mol. The highest BCUT2D eigenvalue weighted by Crippen LogP contribution is 2.18. The Bertz CT molecular complexity index is 988. The molecule has 3 rings (SSSR count). The lowest BCUT2D eigenvalue weighted by Crippen LogP contribution is -2.18. The van der Waals surface area contributed by atoms with Crippen molar-refractivity contribution in [2.75, 3.05) is 6.61 Å². The van der Waals surface area contributed by atoms with Gasteiger partial charge in [0.1, 0.15) is 11.8 Å². The Kier molecular flexibility index (Phi) is 5.45. The molecular weight excluding hydrogens is 346 g/mol. The van der Waals surface area contributed by atoms with Crippen molar-refractivity contribution < 1.29 is 14.6 Å². The number of carbonyl (C=O) groups excluding carboxylic acids is 1. The summed E-state index contributed by atoms with van der Waals surface area (Å²) in [5.41, 5.74) is 3.63.